The van der Waals surface area contributed by atoms with Crippen molar-refractivity contribution in [2.75, 3.05) is 0 Å². The van der Waals surface area contributed by atoms with Crippen LogP contribution in [0.2, 0.25) is 0 Å². The number of carbonyl (C=O) groups excluding carboxylic acids is 2. The number of Topliss-reactive ketones (excluding diaryl/α,β-unsaturated/α-hetero) is 2. The molecule has 0 aromatic rings. The van der Waals surface area contributed by atoms with Gasteiger partial charge in [0.05, 0.1) is 10.8 Å². The van der Waals surface area contributed by atoms with Crippen molar-refractivity contribution in [1.29, 1.82) is 0 Å². The first kappa shape index (κ1) is 25.7. The molecule has 0 aromatic carbocycles. The third-order valence-corrected chi connectivity index (χ3v) is 12.7. The first-order chi connectivity index (χ1) is 16.6. The number of aliphatic carboxylic acids is 2. The fourth-order valence-electron chi connectivity index (χ4n) is 11.3. The Bertz CT molecular complexity index is 1070. The maximum absolute atomic E-state index is 14.0. The highest BCUT2D eigenvalue weighted by Gasteiger charge is 2.77. The van der Waals surface area contributed by atoms with Crippen LogP contribution < -0.4 is 0 Å². The molecule has 0 aliphatic heterocycles. The summed E-state index contributed by atoms with van der Waals surface area (Å²) < 4.78 is 0. The summed E-state index contributed by atoms with van der Waals surface area (Å²) in [5.41, 5.74) is -3.11. The number of hydrogen-bond donors (Lipinski definition) is 2. The molecule has 0 aromatic heterocycles. The fourth-order valence-corrected chi connectivity index (χ4v) is 11.3. The summed E-state index contributed by atoms with van der Waals surface area (Å²) in [4.78, 5) is 53.2. The van der Waals surface area contributed by atoms with Crippen LogP contribution in [0.15, 0.2) is 12.2 Å². The lowest BCUT2D eigenvalue weighted by Gasteiger charge is -2.70. The summed E-state index contributed by atoms with van der Waals surface area (Å²) in [5, 5.41) is 21.5. The topological polar surface area (TPSA) is 109 Å². The summed E-state index contributed by atoms with van der Waals surface area (Å²) in [6.45, 7) is 14.1. The van der Waals surface area contributed by atoms with Gasteiger partial charge in [-0.25, -0.2) is 0 Å². The smallest absolute Gasteiger partial charge is 0.310 e. The molecule has 0 saturated heterocycles. The van der Waals surface area contributed by atoms with E-state index in [-0.39, 0.29) is 41.7 Å². The highest BCUT2D eigenvalue weighted by molar-refractivity contribution is 5.95. The van der Waals surface area contributed by atoms with Crippen LogP contribution in [0.4, 0.5) is 0 Å². The number of carboxylic acids is 2. The second kappa shape index (κ2) is 7.54. The van der Waals surface area contributed by atoms with E-state index >= 15 is 0 Å². The van der Waals surface area contributed by atoms with Crippen LogP contribution in [0.5, 0.6) is 0 Å². The lowest BCUT2D eigenvalue weighted by atomic mass is 9.31. The molecule has 0 bridgehead atoms. The third kappa shape index (κ3) is 2.74. The van der Waals surface area contributed by atoms with Crippen molar-refractivity contribution in [2.24, 2.45) is 56.7 Å². The van der Waals surface area contributed by atoms with Crippen LogP contribution in [-0.2, 0) is 19.2 Å². The van der Waals surface area contributed by atoms with Crippen molar-refractivity contribution >= 4 is 23.5 Å². The van der Waals surface area contributed by atoms with Crippen molar-refractivity contribution in [2.45, 2.75) is 92.4 Å². The molecule has 2 N–H and O–H groups in total. The Labute approximate surface area is 214 Å². The molecule has 5 aliphatic carbocycles. The Balaban J connectivity index is 1.68. The van der Waals surface area contributed by atoms with Gasteiger partial charge >= 0.3 is 11.9 Å². The van der Waals surface area contributed by atoms with E-state index in [9.17, 15) is 29.4 Å². The predicted molar refractivity (Wildman–Crippen MR) is 134 cm³/mol. The van der Waals surface area contributed by atoms with Gasteiger partial charge in [-0.2, -0.15) is 0 Å². The van der Waals surface area contributed by atoms with Crippen molar-refractivity contribution in [3.05, 3.63) is 12.2 Å². The van der Waals surface area contributed by atoms with Gasteiger partial charge in [0.2, 0.25) is 0 Å². The molecule has 6 heteroatoms. The van der Waals surface area contributed by atoms with E-state index in [0.29, 0.717) is 38.5 Å². The van der Waals surface area contributed by atoms with E-state index in [1.165, 1.54) is 0 Å². The number of rotatable bonds is 3. The third-order valence-electron chi connectivity index (χ3n) is 12.7. The largest absolute Gasteiger partial charge is 0.481 e. The lowest BCUT2D eigenvalue weighted by Crippen LogP contribution is -2.71. The minimum atomic E-state index is -1.16. The second-order valence-corrected chi connectivity index (χ2v) is 14.1. The Morgan fingerprint density at radius 3 is 2.17 bits per heavy atom. The molecule has 5 saturated carbocycles. The molecule has 5 aliphatic rings. The van der Waals surface area contributed by atoms with Gasteiger partial charge in [0.25, 0.3) is 0 Å². The maximum atomic E-state index is 14.0. The Hall–Kier alpha value is -1.98. The van der Waals surface area contributed by atoms with Crippen molar-refractivity contribution in [1.82, 2.24) is 0 Å². The van der Waals surface area contributed by atoms with Gasteiger partial charge in [0.1, 0.15) is 11.6 Å². The number of allylic oxidation sites excluding steroid dienone is 1. The highest BCUT2D eigenvalue weighted by Crippen LogP contribution is 2.77. The van der Waals surface area contributed by atoms with Crippen LogP contribution in [-0.4, -0.2) is 33.7 Å². The molecule has 0 heterocycles. The molecule has 9 atom stereocenters. The summed E-state index contributed by atoms with van der Waals surface area (Å²) in [5.74, 6) is -2.53. The summed E-state index contributed by atoms with van der Waals surface area (Å²) >= 11 is 0. The van der Waals surface area contributed by atoms with Crippen molar-refractivity contribution < 1.29 is 29.4 Å². The molecule has 6 nitrogen and oxygen atoms in total. The normalized spacial score (nSPS) is 49.3. The van der Waals surface area contributed by atoms with Crippen LogP contribution >= 0.6 is 0 Å². The van der Waals surface area contributed by atoms with Crippen LogP contribution in [0.1, 0.15) is 92.4 Å². The molecular weight excluding hydrogens is 456 g/mol. The SMILES string of the molecule is C=C(C)[C@@H]1CC[C@]2(C(=O)O)CC[C@]3(C(=O)O)C(CC[C@@H]4[C@@]5(C)CCC(=O)C(C)(C)C5C(=O)C[C@]43C)C12. The zero-order valence-corrected chi connectivity index (χ0v) is 22.5. The standard InChI is InChI=1S/C30H42O6/c1-16(2)17-9-12-29(24(33)34)13-14-30(25(35)36)18(22(17)29)7-8-20-27(5)11-10-21(32)26(3,4)23(27)19(31)15-28(20,30)6/h17-18,20,22-23H,1,7-15H2,2-6H3,(H,33,34)(H,35,36)/t17-,18?,20+,22?,23?,27+,28+,29-,30+/m0/s1. The molecule has 5 rings (SSSR count). The minimum Gasteiger partial charge on any atom is -0.481 e. The quantitative estimate of drug-likeness (QED) is 0.495. The van der Waals surface area contributed by atoms with Crippen LogP contribution in [0.3, 0.4) is 0 Å². The Kier molecular flexibility index (Phi) is 5.37. The molecule has 0 radical (unpaired) electrons. The summed E-state index contributed by atoms with van der Waals surface area (Å²) in [7, 11) is 0. The van der Waals surface area contributed by atoms with Gasteiger partial charge in [-0.1, -0.05) is 39.8 Å². The second-order valence-electron chi connectivity index (χ2n) is 14.1. The number of hydrogen-bond acceptors (Lipinski definition) is 4. The van der Waals surface area contributed by atoms with Crippen molar-refractivity contribution in [3.63, 3.8) is 0 Å². The fraction of sp³-hybridized carbons (Fsp3) is 0.800. The average Bonchev–Trinajstić information content (AvgIpc) is 3.17. The van der Waals surface area contributed by atoms with Crippen LogP contribution in [0.25, 0.3) is 0 Å². The molecule has 5 fully saturated rings. The number of carbonyl (C=O) groups is 4. The Morgan fingerprint density at radius 2 is 1.58 bits per heavy atom. The van der Waals surface area contributed by atoms with E-state index in [1.807, 2.05) is 27.7 Å². The molecule has 3 unspecified atom stereocenters. The Morgan fingerprint density at radius 1 is 0.917 bits per heavy atom. The summed E-state index contributed by atoms with van der Waals surface area (Å²) in [6.07, 6.45) is 4.54. The van der Waals surface area contributed by atoms with E-state index in [1.54, 1.807) is 0 Å². The van der Waals surface area contributed by atoms with Gasteiger partial charge < -0.3 is 10.2 Å². The lowest BCUT2D eigenvalue weighted by molar-refractivity contribution is -0.239. The van der Waals surface area contributed by atoms with Gasteiger partial charge in [0.15, 0.2) is 0 Å². The van der Waals surface area contributed by atoms with Gasteiger partial charge in [-0.3, -0.25) is 19.2 Å². The molecule has 198 valence electrons. The average molecular weight is 499 g/mol. The molecule has 36 heavy (non-hydrogen) atoms. The van der Waals surface area contributed by atoms with E-state index in [4.69, 9.17) is 0 Å². The van der Waals surface area contributed by atoms with E-state index < -0.39 is 44.9 Å². The minimum absolute atomic E-state index is 0.00515. The van der Waals surface area contributed by atoms with Gasteiger partial charge in [-0.15, -0.1) is 0 Å². The van der Waals surface area contributed by atoms with E-state index in [0.717, 1.165) is 18.4 Å². The number of fused-ring (bicyclic) bond motifs is 7. The molecule has 0 spiro atoms. The predicted octanol–water partition coefficient (Wildman–Crippen LogP) is 5.54. The van der Waals surface area contributed by atoms with Crippen LogP contribution in [0, 0.1) is 56.7 Å². The van der Waals surface area contributed by atoms with Gasteiger partial charge in [-0.05, 0) is 86.4 Å². The van der Waals surface area contributed by atoms with E-state index in [2.05, 4.69) is 13.5 Å². The monoisotopic (exact) mass is 498 g/mol. The summed E-state index contributed by atoms with van der Waals surface area (Å²) in [6, 6.07) is 0. The first-order valence-electron chi connectivity index (χ1n) is 13.8. The molecular formula is C30H42O6. The highest BCUT2D eigenvalue weighted by atomic mass is 16.4. The first-order valence-corrected chi connectivity index (χ1v) is 13.8. The number of carboxylic acid groups (broad SMARTS) is 2. The maximum Gasteiger partial charge on any atom is 0.310 e. The molecule has 0 amide bonds. The zero-order chi connectivity index (χ0) is 26.6. The zero-order valence-electron chi connectivity index (χ0n) is 22.5. The van der Waals surface area contributed by atoms with Crippen molar-refractivity contribution in [3.8, 4) is 0 Å². The number of ketones is 2. The van der Waals surface area contributed by atoms with Gasteiger partial charge in [0, 0.05) is 24.2 Å².